The number of rotatable bonds is 2. The van der Waals surface area contributed by atoms with E-state index in [1.165, 1.54) is 6.42 Å². The molecule has 1 unspecified atom stereocenters. The van der Waals surface area contributed by atoms with Crippen LogP contribution in [0.2, 0.25) is 0 Å². The van der Waals surface area contributed by atoms with Crippen molar-refractivity contribution >= 4 is 27.6 Å². The van der Waals surface area contributed by atoms with Gasteiger partial charge in [0.1, 0.15) is 0 Å². The zero-order valence-corrected chi connectivity index (χ0v) is 14.6. The van der Waals surface area contributed by atoms with E-state index in [0.29, 0.717) is 21.4 Å². The molecule has 1 heterocycles. The van der Waals surface area contributed by atoms with Crippen molar-refractivity contribution in [3.8, 4) is 0 Å². The fraction of sp³-hybridized carbons (Fsp3) is 0.588. The lowest BCUT2D eigenvalue weighted by Gasteiger charge is -2.30. The molecule has 0 aliphatic carbocycles. The standard InChI is InChI=1S/C17H24BrNO2/c1-17(2,3)12-6-5-10-19(11-9-12)14-8-4-7-13(18)15(14)16(20)21/h4,7-8,12H,5-6,9-11H2,1-3H3,(H,20,21). The second-order valence-corrected chi connectivity index (χ2v) is 7.77. The molecule has 0 aromatic heterocycles. The van der Waals surface area contributed by atoms with Crippen LogP contribution in [-0.4, -0.2) is 24.2 Å². The molecular weight excluding hydrogens is 330 g/mol. The number of hydrogen-bond donors (Lipinski definition) is 1. The average Bonchev–Trinajstić information content (AvgIpc) is 2.63. The van der Waals surface area contributed by atoms with Crippen molar-refractivity contribution in [2.45, 2.75) is 40.0 Å². The van der Waals surface area contributed by atoms with E-state index in [9.17, 15) is 9.90 Å². The molecule has 1 aliphatic heterocycles. The average molecular weight is 354 g/mol. The molecule has 0 radical (unpaired) electrons. The lowest BCUT2D eigenvalue weighted by molar-refractivity contribution is 0.0696. The van der Waals surface area contributed by atoms with Crippen LogP contribution >= 0.6 is 15.9 Å². The van der Waals surface area contributed by atoms with Gasteiger partial charge >= 0.3 is 5.97 Å². The van der Waals surface area contributed by atoms with E-state index in [0.717, 1.165) is 31.6 Å². The third kappa shape index (κ3) is 3.79. The Bertz CT molecular complexity index is 522. The Hall–Kier alpha value is -1.03. The predicted molar refractivity (Wildman–Crippen MR) is 90.1 cm³/mol. The summed E-state index contributed by atoms with van der Waals surface area (Å²) in [5.41, 5.74) is 1.54. The van der Waals surface area contributed by atoms with E-state index in [1.54, 1.807) is 6.07 Å². The third-order valence-corrected chi connectivity index (χ3v) is 5.16. The number of anilines is 1. The van der Waals surface area contributed by atoms with Gasteiger partial charge in [0.05, 0.1) is 11.3 Å². The summed E-state index contributed by atoms with van der Waals surface area (Å²) in [6.07, 6.45) is 3.46. The Morgan fingerprint density at radius 2 is 2.00 bits per heavy atom. The summed E-state index contributed by atoms with van der Waals surface area (Å²) in [7, 11) is 0. The van der Waals surface area contributed by atoms with Gasteiger partial charge in [-0.25, -0.2) is 4.79 Å². The largest absolute Gasteiger partial charge is 0.478 e. The molecule has 1 aromatic rings. The molecule has 0 spiro atoms. The van der Waals surface area contributed by atoms with E-state index in [1.807, 2.05) is 12.1 Å². The molecule has 0 saturated carbocycles. The molecule has 1 atom stereocenters. The maximum atomic E-state index is 11.5. The van der Waals surface area contributed by atoms with Crippen molar-refractivity contribution in [3.63, 3.8) is 0 Å². The highest BCUT2D eigenvalue weighted by Gasteiger charge is 2.28. The number of benzene rings is 1. The molecular formula is C17H24BrNO2. The summed E-state index contributed by atoms with van der Waals surface area (Å²) in [4.78, 5) is 13.8. The Morgan fingerprint density at radius 1 is 1.29 bits per heavy atom. The molecule has 0 bridgehead atoms. The van der Waals surface area contributed by atoms with Gasteiger partial charge in [0.15, 0.2) is 0 Å². The van der Waals surface area contributed by atoms with Crippen molar-refractivity contribution in [2.24, 2.45) is 11.3 Å². The molecule has 21 heavy (non-hydrogen) atoms. The number of nitrogens with zero attached hydrogens (tertiary/aromatic N) is 1. The molecule has 1 N–H and O–H groups in total. The first-order valence-corrected chi connectivity index (χ1v) is 8.36. The molecule has 1 fully saturated rings. The monoisotopic (exact) mass is 353 g/mol. The van der Waals surface area contributed by atoms with Crippen molar-refractivity contribution in [3.05, 3.63) is 28.2 Å². The van der Waals surface area contributed by atoms with Gasteiger partial charge in [0.2, 0.25) is 0 Å². The smallest absolute Gasteiger partial charge is 0.338 e. The summed E-state index contributed by atoms with van der Waals surface area (Å²) in [6, 6.07) is 5.63. The molecule has 3 nitrogen and oxygen atoms in total. The number of carboxylic acids is 1. The SMILES string of the molecule is CC(C)(C)C1CCCN(c2cccc(Br)c2C(=O)O)CC1. The van der Waals surface area contributed by atoms with Crippen LogP contribution < -0.4 is 4.90 Å². The number of halogens is 1. The van der Waals surface area contributed by atoms with Gasteiger partial charge in [0, 0.05) is 17.6 Å². The highest BCUT2D eigenvalue weighted by atomic mass is 79.9. The summed E-state index contributed by atoms with van der Waals surface area (Å²) in [5.74, 6) is -0.169. The normalized spacial score (nSPS) is 20.2. The first kappa shape index (κ1) is 16.3. The Kier molecular flexibility index (Phi) is 4.97. The molecule has 4 heteroatoms. The quantitative estimate of drug-likeness (QED) is 0.829. The van der Waals surface area contributed by atoms with Crippen LogP contribution in [0.3, 0.4) is 0 Å². The van der Waals surface area contributed by atoms with Crippen LogP contribution in [0, 0.1) is 11.3 Å². The van der Waals surface area contributed by atoms with Gasteiger partial charge in [-0.05, 0) is 58.7 Å². The van der Waals surface area contributed by atoms with Crippen molar-refractivity contribution in [1.29, 1.82) is 0 Å². The first-order chi connectivity index (χ1) is 9.80. The summed E-state index contributed by atoms with van der Waals surface area (Å²) in [6.45, 7) is 8.77. The van der Waals surface area contributed by atoms with Crippen molar-refractivity contribution in [1.82, 2.24) is 0 Å². The van der Waals surface area contributed by atoms with Gasteiger partial charge in [0.25, 0.3) is 0 Å². The molecule has 116 valence electrons. The van der Waals surface area contributed by atoms with E-state index in [2.05, 4.69) is 41.6 Å². The molecule has 1 aliphatic rings. The topological polar surface area (TPSA) is 40.5 Å². The van der Waals surface area contributed by atoms with Crippen LogP contribution in [0.4, 0.5) is 5.69 Å². The highest BCUT2D eigenvalue weighted by Crippen LogP contribution is 2.36. The van der Waals surface area contributed by atoms with Crippen LogP contribution in [0.15, 0.2) is 22.7 Å². The summed E-state index contributed by atoms with van der Waals surface area (Å²) >= 11 is 3.37. The molecule has 0 amide bonds. The maximum absolute atomic E-state index is 11.5. The Labute approximate surface area is 135 Å². The van der Waals surface area contributed by atoms with Crippen LogP contribution in [0.5, 0.6) is 0 Å². The van der Waals surface area contributed by atoms with Crippen LogP contribution in [-0.2, 0) is 0 Å². The fourth-order valence-electron chi connectivity index (χ4n) is 3.19. The summed E-state index contributed by atoms with van der Waals surface area (Å²) in [5, 5.41) is 9.47. The number of aromatic carboxylic acids is 1. The molecule has 1 saturated heterocycles. The van der Waals surface area contributed by atoms with Gasteiger partial charge in [-0.1, -0.05) is 26.8 Å². The molecule has 2 rings (SSSR count). The van der Waals surface area contributed by atoms with E-state index in [4.69, 9.17) is 0 Å². The second-order valence-electron chi connectivity index (χ2n) is 6.92. The second kappa shape index (κ2) is 6.39. The minimum absolute atomic E-state index is 0.322. The number of carbonyl (C=O) groups is 1. The van der Waals surface area contributed by atoms with E-state index < -0.39 is 5.97 Å². The van der Waals surface area contributed by atoms with Gasteiger partial charge in [-0.2, -0.15) is 0 Å². The van der Waals surface area contributed by atoms with Crippen molar-refractivity contribution < 1.29 is 9.90 Å². The van der Waals surface area contributed by atoms with Gasteiger partial charge < -0.3 is 10.0 Å². The van der Waals surface area contributed by atoms with Gasteiger partial charge in [-0.3, -0.25) is 0 Å². The van der Waals surface area contributed by atoms with Crippen molar-refractivity contribution in [2.75, 3.05) is 18.0 Å². The lowest BCUT2D eigenvalue weighted by atomic mass is 9.77. The van der Waals surface area contributed by atoms with E-state index in [-0.39, 0.29) is 0 Å². The minimum Gasteiger partial charge on any atom is -0.478 e. The highest BCUT2D eigenvalue weighted by molar-refractivity contribution is 9.10. The van der Waals surface area contributed by atoms with Crippen LogP contribution in [0.25, 0.3) is 0 Å². The fourth-order valence-corrected chi connectivity index (χ4v) is 3.72. The maximum Gasteiger partial charge on any atom is 0.338 e. The first-order valence-electron chi connectivity index (χ1n) is 7.57. The van der Waals surface area contributed by atoms with E-state index >= 15 is 0 Å². The zero-order chi connectivity index (χ0) is 15.6. The lowest BCUT2D eigenvalue weighted by Crippen LogP contribution is -2.27. The number of hydrogen-bond acceptors (Lipinski definition) is 2. The predicted octanol–water partition coefficient (Wildman–Crippen LogP) is 4.80. The Balaban J connectivity index is 2.24. The van der Waals surface area contributed by atoms with Crippen LogP contribution in [0.1, 0.15) is 50.4 Å². The third-order valence-electron chi connectivity index (χ3n) is 4.50. The number of carboxylic acid groups (broad SMARTS) is 1. The molecule has 1 aromatic carbocycles. The Morgan fingerprint density at radius 3 is 2.62 bits per heavy atom. The zero-order valence-electron chi connectivity index (χ0n) is 13.0. The van der Waals surface area contributed by atoms with Gasteiger partial charge in [-0.15, -0.1) is 0 Å². The minimum atomic E-state index is -0.867. The summed E-state index contributed by atoms with van der Waals surface area (Å²) < 4.78 is 0.657.